The molecule has 3 atom stereocenters. The summed E-state index contributed by atoms with van der Waals surface area (Å²) in [6.07, 6.45) is 11.6. The first-order chi connectivity index (χ1) is 11.6. The van der Waals surface area contributed by atoms with E-state index in [9.17, 15) is 4.39 Å². The normalized spacial score (nSPS) is 20.0. The SMILES string of the molecule is CNc1ccc(/C=C/C2C=CC(C(C)OCCC(C)F)=CC2)cc1. The van der Waals surface area contributed by atoms with E-state index >= 15 is 0 Å². The molecule has 24 heavy (non-hydrogen) atoms. The molecular formula is C21H28FNO. The van der Waals surface area contributed by atoms with Crippen LogP contribution in [0.25, 0.3) is 6.08 Å². The van der Waals surface area contributed by atoms with Crippen molar-refractivity contribution >= 4 is 11.8 Å². The summed E-state index contributed by atoms with van der Waals surface area (Å²) in [5.41, 5.74) is 3.51. The van der Waals surface area contributed by atoms with Gasteiger partial charge >= 0.3 is 0 Å². The van der Waals surface area contributed by atoms with E-state index in [1.54, 1.807) is 6.92 Å². The van der Waals surface area contributed by atoms with Crippen LogP contribution in [0.4, 0.5) is 10.1 Å². The quantitative estimate of drug-likeness (QED) is 0.690. The fraction of sp³-hybridized carbons (Fsp3) is 0.429. The molecule has 0 spiro atoms. The van der Waals surface area contributed by atoms with Crippen LogP contribution in [0.1, 0.15) is 32.3 Å². The highest BCUT2D eigenvalue weighted by Gasteiger charge is 2.12. The van der Waals surface area contributed by atoms with E-state index in [2.05, 4.69) is 60.0 Å². The summed E-state index contributed by atoms with van der Waals surface area (Å²) in [4.78, 5) is 0. The number of benzene rings is 1. The van der Waals surface area contributed by atoms with Gasteiger partial charge in [-0.2, -0.15) is 0 Å². The van der Waals surface area contributed by atoms with E-state index in [-0.39, 0.29) is 6.10 Å². The average molecular weight is 329 g/mol. The number of nitrogens with one attached hydrogen (secondary N) is 1. The van der Waals surface area contributed by atoms with Crippen molar-refractivity contribution in [2.24, 2.45) is 5.92 Å². The number of allylic oxidation sites excluding steroid dienone is 3. The van der Waals surface area contributed by atoms with Crippen molar-refractivity contribution in [3.63, 3.8) is 0 Å². The van der Waals surface area contributed by atoms with Crippen molar-refractivity contribution in [2.45, 2.75) is 39.0 Å². The van der Waals surface area contributed by atoms with E-state index in [1.807, 2.05) is 14.0 Å². The minimum absolute atomic E-state index is 0.0269. The van der Waals surface area contributed by atoms with Crippen molar-refractivity contribution in [3.05, 3.63) is 59.7 Å². The van der Waals surface area contributed by atoms with Crippen LogP contribution in [0.5, 0.6) is 0 Å². The Balaban J connectivity index is 1.81. The van der Waals surface area contributed by atoms with Gasteiger partial charge in [-0.05, 0) is 49.5 Å². The first-order valence-electron chi connectivity index (χ1n) is 8.68. The van der Waals surface area contributed by atoms with Crippen LogP contribution >= 0.6 is 0 Å². The highest BCUT2D eigenvalue weighted by Crippen LogP contribution is 2.22. The van der Waals surface area contributed by atoms with Gasteiger partial charge in [0.15, 0.2) is 0 Å². The zero-order valence-electron chi connectivity index (χ0n) is 14.8. The molecule has 0 saturated carbocycles. The standard InChI is InChI=1S/C21H28FNO/c1-16(22)14-15-24-17(2)20-10-6-18(7-11-20)4-5-19-8-12-21(23-3)13-9-19/h4-6,8-13,16-18,23H,7,14-15H2,1-3H3/b5-4+. The van der Waals surface area contributed by atoms with E-state index in [0.29, 0.717) is 18.9 Å². The molecule has 1 aromatic carbocycles. The van der Waals surface area contributed by atoms with Gasteiger partial charge in [-0.3, -0.25) is 0 Å². The maximum absolute atomic E-state index is 12.8. The molecule has 1 aliphatic carbocycles. The Labute approximate surface area is 145 Å². The van der Waals surface area contributed by atoms with Gasteiger partial charge in [0.2, 0.25) is 0 Å². The van der Waals surface area contributed by atoms with Crippen molar-refractivity contribution in [1.82, 2.24) is 0 Å². The molecule has 3 heteroatoms. The number of hydrogen-bond donors (Lipinski definition) is 1. The second kappa shape index (κ2) is 9.43. The van der Waals surface area contributed by atoms with E-state index < -0.39 is 6.17 Å². The predicted octanol–water partition coefficient (Wildman–Crippen LogP) is 5.40. The van der Waals surface area contributed by atoms with Gasteiger partial charge in [0, 0.05) is 19.2 Å². The van der Waals surface area contributed by atoms with Gasteiger partial charge in [-0.25, -0.2) is 4.39 Å². The Hall–Kier alpha value is -1.87. The predicted molar refractivity (Wildman–Crippen MR) is 101 cm³/mol. The third kappa shape index (κ3) is 5.97. The topological polar surface area (TPSA) is 21.3 Å². The number of ether oxygens (including phenoxy) is 1. The zero-order valence-corrected chi connectivity index (χ0v) is 14.8. The third-order valence-electron chi connectivity index (χ3n) is 4.25. The van der Waals surface area contributed by atoms with E-state index in [1.165, 1.54) is 11.1 Å². The molecule has 0 radical (unpaired) electrons. The van der Waals surface area contributed by atoms with Gasteiger partial charge in [-0.1, -0.05) is 42.5 Å². The lowest BCUT2D eigenvalue weighted by molar-refractivity contribution is 0.0771. The molecule has 0 aliphatic heterocycles. The fourth-order valence-corrected chi connectivity index (χ4v) is 2.60. The van der Waals surface area contributed by atoms with Crippen LogP contribution in [0.2, 0.25) is 0 Å². The molecule has 130 valence electrons. The third-order valence-corrected chi connectivity index (χ3v) is 4.25. The summed E-state index contributed by atoms with van der Waals surface area (Å²) >= 11 is 0. The summed E-state index contributed by atoms with van der Waals surface area (Å²) in [5.74, 6) is 0.413. The van der Waals surface area contributed by atoms with E-state index in [4.69, 9.17) is 4.74 Å². The van der Waals surface area contributed by atoms with Gasteiger partial charge in [0.05, 0.1) is 18.9 Å². The molecule has 0 saturated heterocycles. The highest BCUT2D eigenvalue weighted by molar-refractivity contribution is 5.55. The first-order valence-corrected chi connectivity index (χ1v) is 8.68. The van der Waals surface area contributed by atoms with Gasteiger partial charge in [-0.15, -0.1) is 0 Å². The van der Waals surface area contributed by atoms with Crippen LogP contribution < -0.4 is 5.32 Å². The second-order valence-corrected chi connectivity index (χ2v) is 6.28. The largest absolute Gasteiger partial charge is 0.388 e. The Kier molecular flexibility index (Phi) is 7.26. The summed E-state index contributed by atoms with van der Waals surface area (Å²) < 4.78 is 18.5. The van der Waals surface area contributed by atoms with Crippen molar-refractivity contribution in [1.29, 1.82) is 0 Å². The molecule has 0 amide bonds. The Bertz CT molecular complexity index is 586. The Morgan fingerprint density at radius 1 is 1.29 bits per heavy atom. The first kappa shape index (κ1) is 18.5. The van der Waals surface area contributed by atoms with Crippen LogP contribution in [0.3, 0.4) is 0 Å². The van der Waals surface area contributed by atoms with Crippen molar-refractivity contribution in [3.8, 4) is 0 Å². The number of halogens is 1. The minimum atomic E-state index is -0.801. The summed E-state index contributed by atoms with van der Waals surface area (Å²) in [6.45, 7) is 4.06. The van der Waals surface area contributed by atoms with Crippen molar-refractivity contribution in [2.75, 3.05) is 19.0 Å². The van der Waals surface area contributed by atoms with E-state index in [0.717, 1.165) is 12.1 Å². The Morgan fingerprint density at radius 2 is 2.04 bits per heavy atom. The zero-order chi connectivity index (χ0) is 17.4. The maximum atomic E-state index is 12.8. The summed E-state index contributed by atoms with van der Waals surface area (Å²) in [7, 11) is 1.92. The van der Waals surface area contributed by atoms with Crippen LogP contribution in [-0.2, 0) is 4.74 Å². The number of alkyl halides is 1. The second-order valence-electron chi connectivity index (χ2n) is 6.28. The molecule has 1 N–H and O–H groups in total. The molecule has 1 aliphatic rings. The van der Waals surface area contributed by atoms with Gasteiger partial charge in [0.25, 0.3) is 0 Å². The fourth-order valence-electron chi connectivity index (χ4n) is 2.60. The molecule has 0 heterocycles. The van der Waals surface area contributed by atoms with Crippen LogP contribution in [0, 0.1) is 5.92 Å². The summed E-state index contributed by atoms with van der Waals surface area (Å²) in [6, 6.07) is 8.37. The highest BCUT2D eigenvalue weighted by atomic mass is 19.1. The molecule has 0 bridgehead atoms. The number of hydrogen-bond acceptors (Lipinski definition) is 2. The molecule has 0 aromatic heterocycles. The monoisotopic (exact) mass is 329 g/mol. The van der Waals surface area contributed by atoms with Gasteiger partial charge < -0.3 is 10.1 Å². The lowest BCUT2D eigenvalue weighted by atomic mass is 9.93. The molecule has 2 nitrogen and oxygen atoms in total. The number of anilines is 1. The smallest absolute Gasteiger partial charge is 0.0995 e. The minimum Gasteiger partial charge on any atom is -0.388 e. The number of rotatable bonds is 8. The molecular weight excluding hydrogens is 301 g/mol. The molecule has 1 aromatic rings. The Morgan fingerprint density at radius 3 is 2.62 bits per heavy atom. The lowest BCUT2D eigenvalue weighted by Gasteiger charge is -2.19. The summed E-state index contributed by atoms with van der Waals surface area (Å²) in [5, 5.41) is 3.12. The van der Waals surface area contributed by atoms with Crippen LogP contribution in [-0.4, -0.2) is 25.9 Å². The maximum Gasteiger partial charge on any atom is 0.0995 e. The van der Waals surface area contributed by atoms with Crippen LogP contribution in [0.15, 0.2) is 54.1 Å². The molecule has 2 rings (SSSR count). The van der Waals surface area contributed by atoms with Gasteiger partial charge in [0.1, 0.15) is 0 Å². The average Bonchev–Trinajstić information content (AvgIpc) is 2.60. The molecule has 3 unspecified atom stereocenters. The lowest BCUT2D eigenvalue weighted by Crippen LogP contribution is -2.15. The molecule has 0 fully saturated rings. The van der Waals surface area contributed by atoms with Crippen molar-refractivity contribution < 1.29 is 9.13 Å².